The lowest BCUT2D eigenvalue weighted by Gasteiger charge is -2.41. The number of rotatable bonds is 4. The van der Waals surface area contributed by atoms with E-state index in [1.54, 1.807) is 12.1 Å². The Morgan fingerprint density at radius 3 is 2.60 bits per heavy atom. The van der Waals surface area contributed by atoms with Crippen molar-refractivity contribution in [2.75, 3.05) is 32.9 Å². The molecule has 1 aliphatic heterocycles. The molecule has 3 rings (SSSR count). The van der Waals surface area contributed by atoms with E-state index in [9.17, 15) is 5.11 Å². The first-order valence-corrected chi connectivity index (χ1v) is 9.66. The molecule has 5 heteroatoms. The van der Waals surface area contributed by atoms with E-state index in [0.29, 0.717) is 42.0 Å². The van der Waals surface area contributed by atoms with Gasteiger partial charge in [-0.3, -0.25) is 4.90 Å². The fourth-order valence-corrected chi connectivity index (χ4v) is 3.97. The number of β-amino-alcohol motifs (C(OH)–C–C–N with tert-alkyl or cyclic N) is 1. The van der Waals surface area contributed by atoms with E-state index in [2.05, 4.69) is 18.7 Å². The molecule has 1 heterocycles. The van der Waals surface area contributed by atoms with Gasteiger partial charge >= 0.3 is 0 Å². The smallest absolute Gasteiger partial charge is 0.134 e. The van der Waals surface area contributed by atoms with Gasteiger partial charge in [-0.2, -0.15) is 0 Å². The van der Waals surface area contributed by atoms with Crippen LogP contribution in [0, 0.1) is 5.41 Å². The van der Waals surface area contributed by atoms with E-state index < -0.39 is 5.60 Å². The summed E-state index contributed by atoms with van der Waals surface area (Å²) in [6.07, 6.45) is 4.88. The average molecular weight is 368 g/mol. The van der Waals surface area contributed by atoms with Crippen LogP contribution in [0.2, 0.25) is 5.02 Å². The fraction of sp³-hybridized carbons (Fsp3) is 0.700. The Morgan fingerprint density at radius 2 is 1.92 bits per heavy atom. The normalized spacial score (nSPS) is 28.5. The first-order chi connectivity index (χ1) is 11.9. The molecule has 0 spiro atoms. The van der Waals surface area contributed by atoms with Crippen LogP contribution < -0.4 is 4.74 Å². The van der Waals surface area contributed by atoms with Gasteiger partial charge in [0, 0.05) is 24.2 Å². The Bertz CT molecular complexity index is 553. The zero-order chi connectivity index (χ0) is 17.9. The molecule has 1 N–H and O–H groups in total. The molecule has 1 aromatic carbocycles. The molecule has 0 unspecified atom stereocenters. The first-order valence-electron chi connectivity index (χ1n) is 9.28. The molecule has 1 atom stereocenters. The topological polar surface area (TPSA) is 41.9 Å². The predicted octanol–water partition coefficient (Wildman–Crippen LogP) is 3.75. The summed E-state index contributed by atoms with van der Waals surface area (Å²) in [5.41, 5.74) is -0.532. The van der Waals surface area contributed by atoms with Crippen molar-refractivity contribution in [3.05, 3.63) is 29.3 Å². The van der Waals surface area contributed by atoms with Gasteiger partial charge in [-0.1, -0.05) is 25.4 Å². The van der Waals surface area contributed by atoms with Crippen LogP contribution in [0.4, 0.5) is 0 Å². The Labute approximate surface area is 156 Å². The average Bonchev–Trinajstić information content (AvgIpc) is 2.77. The number of hydrogen-bond donors (Lipinski definition) is 1. The molecule has 0 radical (unpaired) electrons. The Hall–Kier alpha value is -0.810. The lowest BCUT2D eigenvalue weighted by atomic mass is 9.75. The molecule has 4 nitrogen and oxygen atoms in total. The quantitative estimate of drug-likeness (QED) is 0.880. The molecule has 1 saturated carbocycles. The van der Waals surface area contributed by atoms with Crippen LogP contribution in [-0.4, -0.2) is 54.6 Å². The number of benzene rings is 1. The zero-order valence-electron chi connectivity index (χ0n) is 15.3. The highest BCUT2D eigenvalue weighted by atomic mass is 35.5. The largest absolute Gasteiger partial charge is 0.490 e. The van der Waals surface area contributed by atoms with Gasteiger partial charge < -0.3 is 14.6 Å². The van der Waals surface area contributed by atoms with Crippen LogP contribution in [0.15, 0.2) is 24.3 Å². The molecule has 2 aliphatic rings. The van der Waals surface area contributed by atoms with Gasteiger partial charge in [0.15, 0.2) is 0 Å². The summed E-state index contributed by atoms with van der Waals surface area (Å²) in [6.45, 7) is 7.40. The van der Waals surface area contributed by atoms with Gasteiger partial charge in [0.05, 0.1) is 13.2 Å². The lowest BCUT2D eigenvalue weighted by Crippen LogP contribution is -2.52. The highest BCUT2D eigenvalue weighted by Crippen LogP contribution is 2.37. The van der Waals surface area contributed by atoms with Gasteiger partial charge in [-0.15, -0.1) is 0 Å². The van der Waals surface area contributed by atoms with Gasteiger partial charge in [0.25, 0.3) is 0 Å². The first kappa shape index (κ1) is 19.0. The SMILES string of the molecule is CC1(C)CCC(N2CCOC[C@](O)(COc3ccc(Cl)cc3)C2)CC1. The minimum atomic E-state index is -0.983. The Morgan fingerprint density at radius 1 is 1.24 bits per heavy atom. The summed E-state index contributed by atoms with van der Waals surface area (Å²) in [5.74, 6) is 0.716. The third-order valence-electron chi connectivity index (χ3n) is 5.54. The molecule has 140 valence electrons. The van der Waals surface area contributed by atoms with E-state index in [0.717, 1.165) is 6.54 Å². The van der Waals surface area contributed by atoms with Crippen LogP contribution in [0.25, 0.3) is 0 Å². The summed E-state index contributed by atoms with van der Waals surface area (Å²) in [7, 11) is 0. The predicted molar refractivity (Wildman–Crippen MR) is 100 cm³/mol. The molecule has 0 bridgehead atoms. The number of ether oxygens (including phenoxy) is 2. The highest BCUT2D eigenvalue weighted by molar-refractivity contribution is 6.30. The van der Waals surface area contributed by atoms with Crippen molar-refractivity contribution >= 4 is 11.6 Å². The standard InChI is InChI=1S/C20H30ClNO3/c1-19(2)9-7-17(8-10-19)22-11-12-24-14-20(23,13-22)15-25-18-5-3-16(21)4-6-18/h3-6,17,23H,7-15H2,1-2H3/t20-/m0/s1. The molecule has 2 fully saturated rings. The summed E-state index contributed by atoms with van der Waals surface area (Å²) >= 11 is 5.90. The third-order valence-corrected chi connectivity index (χ3v) is 5.79. The van der Waals surface area contributed by atoms with Crippen molar-refractivity contribution in [1.82, 2.24) is 4.90 Å². The van der Waals surface area contributed by atoms with Crippen molar-refractivity contribution < 1.29 is 14.6 Å². The zero-order valence-corrected chi connectivity index (χ0v) is 16.1. The van der Waals surface area contributed by atoms with E-state index in [1.807, 2.05) is 12.1 Å². The maximum Gasteiger partial charge on any atom is 0.134 e. The third kappa shape index (κ3) is 5.33. The van der Waals surface area contributed by atoms with Gasteiger partial charge in [-0.25, -0.2) is 0 Å². The van der Waals surface area contributed by atoms with Gasteiger partial charge in [0.1, 0.15) is 18.0 Å². The monoisotopic (exact) mass is 367 g/mol. The molecule has 0 aromatic heterocycles. The second kappa shape index (κ2) is 7.83. The molecule has 25 heavy (non-hydrogen) atoms. The van der Waals surface area contributed by atoms with Crippen LogP contribution in [0.1, 0.15) is 39.5 Å². The number of halogens is 1. The van der Waals surface area contributed by atoms with Crippen molar-refractivity contribution in [2.24, 2.45) is 5.41 Å². The van der Waals surface area contributed by atoms with Crippen LogP contribution in [0.3, 0.4) is 0 Å². The van der Waals surface area contributed by atoms with Crippen molar-refractivity contribution in [2.45, 2.75) is 51.2 Å². The Balaban J connectivity index is 1.59. The van der Waals surface area contributed by atoms with Crippen LogP contribution in [0.5, 0.6) is 5.75 Å². The van der Waals surface area contributed by atoms with Crippen molar-refractivity contribution in [3.63, 3.8) is 0 Å². The van der Waals surface area contributed by atoms with Crippen LogP contribution >= 0.6 is 11.6 Å². The van der Waals surface area contributed by atoms with E-state index in [1.165, 1.54) is 25.7 Å². The minimum absolute atomic E-state index is 0.226. The molecular weight excluding hydrogens is 338 g/mol. The Kier molecular flexibility index (Phi) is 5.94. The molecular formula is C20H30ClNO3. The summed E-state index contributed by atoms with van der Waals surface area (Å²) < 4.78 is 11.5. The van der Waals surface area contributed by atoms with E-state index in [-0.39, 0.29) is 6.61 Å². The fourth-order valence-electron chi connectivity index (χ4n) is 3.84. The van der Waals surface area contributed by atoms with Crippen molar-refractivity contribution in [3.8, 4) is 5.75 Å². The second-order valence-electron chi connectivity index (χ2n) is 8.39. The summed E-state index contributed by atoms with van der Waals surface area (Å²) in [6, 6.07) is 7.77. The second-order valence-corrected chi connectivity index (χ2v) is 8.82. The molecule has 1 aromatic rings. The van der Waals surface area contributed by atoms with E-state index >= 15 is 0 Å². The van der Waals surface area contributed by atoms with Gasteiger partial charge in [0.2, 0.25) is 0 Å². The maximum atomic E-state index is 11.1. The number of nitrogens with zero attached hydrogens (tertiary/aromatic N) is 1. The minimum Gasteiger partial charge on any atom is -0.490 e. The lowest BCUT2D eigenvalue weighted by molar-refractivity contribution is -0.0691. The summed E-state index contributed by atoms with van der Waals surface area (Å²) in [5, 5.41) is 11.7. The van der Waals surface area contributed by atoms with E-state index in [4.69, 9.17) is 21.1 Å². The molecule has 1 saturated heterocycles. The molecule has 1 aliphatic carbocycles. The highest BCUT2D eigenvalue weighted by Gasteiger charge is 2.38. The van der Waals surface area contributed by atoms with Crippen molar-refractivity contribution in [1.29, 1.82) is 0 Å². The maximum absolute atomic E-state index is 11.1. The van der Waals surface area contributed by atoms with Crippen LogP contribution in [-0.2, 0) is 4.74 Å². The number of hydrogen-bond acceptors (Lipinski definition) is 4. The number of aliphatic hydroxyl groups is 1. The molecule has 0 amide bonds. The summed E-state index contributed by atoms with van der Waals surface area (Å²) in [4.78, 5) is 2.41. The van der Waals surface area contributed by atoms with Gasteiger partial charge in [-0.05, 0) is 55.4 Å².